The molecule has 0 saturated heterocycles. The Kier molecular flexibility index (Phi) is 6.57. The molecule has 0 fully saturated rings. The van der Waals surface area contributed by atoms with Gasteiger partial charge in [0.15, 0.2) is 0 Å². The molecule has 20 heavy (non-hydrogen) atoms. The molecular formula is C13H21F2N3O2. The molecule has 1 N–H and O–H groups in total. The molecule has 7 heteroatoms. The summed E-state index contributed by atoms with van der Waals surface area (Å²) in [4.78, 5) is 11.6. The first-order valence-corrected chi connectivity index (χ1v) is 6.61. The lowest BCUT2D eigenvalue weighted by atomic mass is 10.4. The van der Waals surface area contributed by atoms with Gasteiger partial charge in [-0.2, -0.15) is 5.10 Å². The van der Waals surface area contributed by atoms with Crippen molar-refractivity contribution < 1.29 is 18.3 Å². The Morgan fingerprint density at radius 1 is 1.50 bits per heavy atom. The van der Waals surface area contributed by atoms with Gasteiger partial charge in [-0.3, -0.25) is 9.48 Å². The second-order valence-electron chi connectivity index (χ2n) is 4.79. The summed E-state index contributed by atoms with van der Waals surface area (Å²) in [6, 6.07) is 1.29. The molecule has 0 aliphatic heterocycles. The number of nitrogens with one attached hydrogen (secondary N) is 1. The smallest absolute Gasteiger partial charge is 0.282 e. The maximum absolute atomic E-state index is 12.5. The van der Waals surface area contributed by atoms with E-state index in [9.17, 15) is 13.6 Å². The average Bonchev–Trinajstić information content (AvgIpc) is 2.70. The van der Waals surface area contributed by atoms with Crippen LogP contribution in [0.25, 0.3) is 0 Å². The highest BCUT2D eigenvalue weighted by molar-refractivity contribution is 5.75. The Hall–Kier alpha value is -1.50. The van der Waals surface area contributed by atoms with Crippen LogP contribution in [0.1, 0.15) is 38.1 Å². The third-order valence-corrected chi connectivity index (χ3v) is 2.61. The van der Waals surface area contributed by atoms with Gasteiger partial charge in [0.05, 0.1) is 6.10 Å². The maximum atomic E-state index is 12.5. The fraction of sp³-hybridized carbons (Fsp3) is 0.692. The van der Waals surface area contributed by atoms with Crippen LogP contribution in [0.5, 0.6) is 0 Å². The summed E-state index contributed by atoms with van der Waals surface area (Å²) in [6.07, 6.45) is -1.74. The molecule has 0 aliphatic carbocycles. The van der Waals surface area contributed by atoms with Crippen molar-refractivity contribution in [1.82, 2.24) is 15.1 Å². The summed E-state index contributed by atoms with van der Waals surface area (Å²) in [5.74, 6) is -0.249. The Balaban J connectivity index is 2.32. The van der Waals surface area contributed by atoms with Gasteiger partial charge in [0.2, 0.25) is 5.91 Å². The third kappa shape index (κ3) is 5.64. The third-order valence-electron chi connectivity index (χ3n) is 2.61. The van der Waals surface area contributed by atoms with E-state index < -0.39 is 6.43 Å². The molecule has 0 saturated carbocycles. The average molecular weight is 289 g/mol. The molecule has 0 radical (unpaired) electrons. The first kappa shape index (κ1) is 16.6. The monoisotopic (exact) mass is 289 g/mol. The van der Waals surface area contributed by atoms with Crippen molar-refractivity contribution in [2.45, 2.75) is 46.3 Å². The highest BCUT2D eigenvalue weighted by Gasteiger charge is 2.14. The van der Waals surface area contributed by atoms with Crippen molar-refractivity contribution >= 4 is 5.91 Å². The number of aryl methyl sites for hydroxylation is 1. The van der Waals surface area contributed by atoms with Crippen LogP contribution in [0.15, 0.2) is 6.07 Å². The summed E-state index contributed by atoms with van der Waals surface area (Å²) in [5, 5.41) is 6.40. The van der Waals surface area contributed by atoms with E-state index in [1.807, 2.05) is 13.8 Å². The Bertz CT molecular complexity index is 433. The Morgan fingerprint density at radius 3 is 2.75 bits per heavy atom. The molecule has 1 amide bonds. The van der Waals surface area contributed by atoms with Crippen LogP contribution in [-0.2, 0) is 16.1 Å². The molecule has 0 bridgehead atoms. The predicted octanol–water partition coefficient (Wildman–Crippen LogP) is 2.06. The molecule has 1 heterocycles. The number of hydrogen-bond acceptors (Lipinski definition) is 3. The number of carbonyl (C=O) groups is 1. The van der Waals surface area contributed by atoms with E-state index in [4.69, 9.17) is 4.74 Å². The summed E-state index contributed by atoms with van der Waals surface area (Å²) in [5.41, 5.74) is 0.235. The van der Waals surface area contributed by atoms with Gasteiger partial charge in [-0.15, -0.1) is 0 Å². The summed E-state index contributed by atoms with van der Waals surface area (Å²) >= 11 is 0. The fourth-order valence-corrected chi connectivity index (χ4v) is 1.61. The maximum Gasteiger partial charge on any atom is 0.282 e. The van der Waals surface area contributed by atoms with Crippen LogP contribution in [0.2, 0.25) is 0 Å². The van der Waals surface area contributed by atoms with Gasteiger partial charge in [0.1, 0.15) is 12.2 Å². The summed E-state index contributed by atoms with van der Waals surface area (Å²) in [7, 11) is 0. The molecule has 5 nitrogen and oxygen atoms in total. The first-order chi connectivity index (χ1) is 9.40. The zero-order valence-corrected chi connectivity index (χ0v) is 12.0. The van der Waals surface area contributed by atoms with Gasteiger partial charge >= 0.3 is 0 Å². The molecule has 0 aromatic carbocycles. The molecule has 0 unspecified atom stereocenters. The second kappa shape index (κ2) is 7.94. The van der Waals surface area contributed by atoms with Crippen molar-refractivity contribution in [3.8, 4) is 0 Å². The van der Waals surface area contributed by atoms with E-state index in [1.165, 1.54) is 10.7 Å². The lowest BCUT2D eigenvalue weighted by molar-refractivity contribution is -0.121. The molecular weight excluding hydrogens is 268 g/mol. The Labute approximate surface area is 117 Å². The first-order valence-electron chi connectivity index (χ1n) is 6.61. The van der Waals surface area contributed by atoms with Crippen molar-refractivity contribution in [2.24, 2.45) is 0 Å². The van der Waals surface area contributed by atoms with Crippen LogP contribution in [0.3, 0.4) is 0 Å². The zero-order chi connectivity index (χ0) is 15.1. The molecule has 114 valence electrons. The topological polar surface area (TPSA) is 56.2 Å². The van der Waals surface area contributed by atoms with E-state index in [2.05, 4.69) is 10.4 Å². The largest absolute Gasteiger partial charge is 0.379 e. The normalized spacial score (nSPS) is 11.3. The van der Waals surface area contributed by atoms with Crippen LogP contribution in [0, 0.1) is 6.92 Å². The minimum atomic E-state index is -2.62. The van der Waals surface area contributed by atoms with Crippen molar-refractivity contribution in [1.29, 1.82) is 0 Å². The lowest BCUT2D eigenvalue weighted by Crippen LogP contribution is -2.29. The van der Waals surface area contributed by atoms with E-state index in [1.54, 1.807) is 6.92 Å². The molecule has 1 rings (SSSR count). The second-order valence-corrected chi connectivity index (χ2v) is 4.79. The van der Waals surface area contributed by atoms with E-state index in [0.717, 1.165) is 0 Å². The van der Waals surface area contributed by atoms with Crippen LogP contribution < -0.4 is 5.32 Å². The van der Waals surface area contributed by atoms with E-state index in [0.29, 0.717) is 25.3 Å². The minimum Gasteiger partial charge on any atom is -0.379 e. The van der Waals surface area contributed by atoms with E-state index in [-0.39, 0.29) is 24.2 Å². The highest BCUT2D eigenvalue weighted by Crippen LogP contribution is 2.17. The fourth-order valence-electron chi connectivity index (χ4n) is 1.61. The number of alkyl halides is 2. The molecule has 0 atom stereocenters. The van der Waals surface area contributed by atoms with Crippen LogP contribution in [-0.4, -0.2) is 34.9 Å². The summed E-state index contributed by atoms with van der Waals surface area (Å²) < 4.78 is 31.5. The number of amides is 1. The highest BCUT2D eigenvalue weighted by atomic mass is 19.3. The number of halogens is 2. The van der Waals surface area contributed by atoms with E-state index >= 15 is 0 Å². The Morgan fingerprint density at radius 2 is 2.20 bits per heavy atom. The number of ether oxygens (including phenoxy) is 1. The predicted molar refractivity (Wildman–Crippen MR) is 70.6 cm³/mol. The van der Waals surface area contributed by atoms with Gasteiger partial charge in [0.25, 0.3) is 6.43 Å². The van der Waals surface area contributed by atoms with Crippen LogP contribution >= 0.6 is 0 Å². The van der Waals surface area contributed by atoms with Gasteiger partial charge in [-0.1, -0.05) is 0 Å². The molecule has 1 aromatic rings. The minimum absolute atomic E-state index is 0.0520. The van der Waals surface area contributed by atoms with Gasteiger partial charge in [-0.05, 0) is 33.3 Å². The van der Waals surface area contributed by atoms with Crippen molar-refractivity contribution in [3.63, 3.8) is 0 Å². The van der Waals surface area contributed by atoms with Gasteiger partial charge < -0.3 is 10.1 Å². The molecule has 0 aliphatic rings. The van der Waals surface area contributed by atoms with Gasteiger partial charge in [0, 0.05) is 18.8 Å². The number of aromatic nitrogens is 2. The number of rotatable bonds is 8. The number of nitrogens with zero attached hydrogens (tertiary/aromatic N) is 2. The molecule has 1 aromatic heterocycles. The number of carbonyl (C=O) groups excluding carboxylic acids is 1. The SMILES string of the molecule is Cc1cc(C(F)F)nn1CC(=O)NCCCOC(C)C. The van der Waals surface area contributed by atoms with Crippen molar-refractivity contribution in [3.05, 3.63) is 17.5 Å². The number of hydrogen-bond donors (Lipinski definition) is 1. The van der Waals surface area contributed by atoms with Crippen molar-refractivity contribution in [2.75, 3.05) is 13.2 Å². The lowest BCUT2D eigenvalue weighted by Gasteiger charge is -2.09. The standard InChI is InChI=1S/C13H21F2N3O2/c1-9(2)20-6-4-5-16-12(19)8-18-10(3)7-11(17-18)13(14)15/h7,9,13H,4-6,8H2,1-3H3,(H,16,19). The quantitative estimate of drug-likeness (QED) is 0.745. The zero-order valence-electron chi connectivity index (χ0n) is 12.0. The summed E-state index contributed by atoms with van der Waals surface area (Å²) in [6.45, 7) is 6.55. The van der Waals surface area contributed by atoms with Crippen LogP contribution in [0.4, 0.5) is 8.78 Å². The molecule has 0 spiro atoms. The van der Waals surface area contributed by atoms with Gasteiger partial charge in [-0.25, -0.2) is 8.78 Å².